The lowest BCUT2D eigenvalue weighted by atomic mass is 9.92. The van der Waals surface area contributed by atoms with Gasteiger partial charge in [0.05, 0.1) is 37.4 Å². The number of imidazole rings is 1. The van der Waals surface area contributed by atoms with Gasteiger partial charge >= 0.3 is 5.97 Å². The number of nitrogens with zero attached hydrogens (tertiary/aromatic N) is 3. The molecule has 37 heavy (non-hydrogen) atoms. The van der Waals surface area contributed by atoms with Crippen molar-refractivity contribution < 1.29 is 28.5 Å². The van der Waals surface area contributed by atoms with Gasteiger partial charge in [0.2, 0.25) is 12.2 Å². The molecule has 0 saturated carbocycles. The number of carbonyl (C=O) groups is 1. The van der Waals surface area contributed by atoms with Crippen LogP contribution in [-0.2, 0) is 14.3 Å². The van der Waals surface area contributed by atoms with Gasteiger partial charge in [-0.05, 0) is 49.4 Å². The number of H-pyrrole nitrogens is 1. The van der Waals surface area contributed by atoms with Crippen molar-refractivity contribution in [1.82, 2.24) is 19.9 Å². The third-order valence-electron chi connectivity index (χ3n) is 5.92. The van der Waals surface area contributed by atoms with Gasteiger partial charge in [-0.25, -0.2) is 19.3 Å². The highest BCUT2D eigenvalue weighted by Gasteiger charge is 2.41. The third kappa shape index (κ3) is 5.13. The van der Waals surface area contributed by atoms with Gasteiger partial charge < -0.3 is 29.6 Å². The molecular weight excluding hydrogens is 481 g/mol. The number of aliphatic carboxylic acids is 1. The second kappa shape index (κ2) is 9.96. The van der Waals surface area contributed by atoms with Crippen LogP contribution in [0.2, 0.25) is 0 Å². The number of ether oxygens (including phenoxy) is 3. The highest BCUT2D eigenvalue weighted by atomic mass is 19.1. The summed E-state index contributed by atoms with van der Waals surface area (Å²) in [5.41, 5.74) is 1.79. The van der Waals surface area contributed by atoms with Crippen molar-refractivity contribution in [1.29, 1.82) is 0 Å². The molecule has 1 fully saturated rings. The van der Waals surface area contributed by atoms with E-state index in [0.29, 0.717) is 40.2 Å². The number of anilines is 2. The number of benzene rings is 2. The van der Waals surface area contributed by atoms with E-state index in [2.05, 4.69) is 25.3 Å². The van der Waals surface area contributed by atoms with Gasteiger partial charge in [-0.3, -0.25) is 4.79 Å². The van der Waals surface area contributed by atoms with E-state index in [-0.39, 0.29) is 19.0 Å². The Bertz CT molecular complexity index is 1420. The normalized spacial score (nSPS) is 19.4. The van der Waals surface area contributed by atoms with Crippen molar-refractivity contribution in [2.75, 3.05) is 25.6 Å². The van der Waals surface area contributed by atoms with Crippen LogP contribution in [0, 0.1) is 11.2 Å². The fraction of sp³-hybridized carbons (Fsp3) is 0.231. The number of carboxylic acid groups (broad SMARTS) is 1. The van der Waals surface area contributed by atoms with E-state index in [1.165, 1.54) is 12.1 Å². The summed E-state index contributed by atoms with van der Waals surface area (Å²) in [6.07, 6.45) is 0.697. The van der Waals surface area contributed by atoms with Gasteiger partial charge in [-0.15, -0.1) is 0 Å². The lowest BCUT2D eigenvalue weighted by molar-refractivity contribution is -0.236. The van der Waals surface area contributed by atoms with Crippen LogP contribution in [0.15, 0.2) is 60.8 Å². The van der Waals surface area contributed by atoms with E-state index in [0.717, 1.165) is 5.69 Å². The van der Waals surface area contributed by atoms with Crippen molar-refractivity contribution in [2.24, 2.45) is 5.41 Å². The van der Waals surface area contributed by atoms with Crippen LogP contribution < -0.4 is 10.1 Å². The molecule has 0 bridgehead atoms. The number of aromatic nitrogens is 4. The highest BCUT2D eigenvalue weighted by molar-refractivity contribution is 5.77. The van der Waals surface area contributed by atoms with Crippen molar-refractivity contribution in [3.05, 3.63) is 72.4 Å². The van der Waals surface area contributed by atoms with Crippen LogP contribution in [0.4, 0.5) is 16.0 Å². The molecule has 0 atom stereocenters. The first kappa shape index (κ1) is 24.3. The van der Waals surface area contributed by atoms with Crippen LogP contribution in [-0.4, -0.2) is 51.3 Å². The number of methoxy groups -OCH3 is 1. The summed E-state index contributed by atoms with van der Waals surface area (Å²) in [7, 11) is 1.59. The van der Waals surface area contributed by atoms with Gasteiger partial charge in [0, 0.05) is 23.5 Å². The van der Waals surface area contributed by atoms with Crippen molar-refractivity contribution in [2.45, 2.75) is 13.2 Å². The molecule has 0 aliphatic carbocycles. The second-order valence-electron chi connectivity index (χ2n) is 8.79. The molecule has 0 unspecified atom stereocenters. The number of carboxylic acids is 1. The van der Waals surface area contributed by atoms with Gasteiger partial charge in [-0.1, -0.05) is 6.07 Å². The topological polar surface area (TPSA) is 131 Å². The largest absolute Gasteiger partial charge is 0.497 e. The number of aromatic amines is 1. The van der Waals surface area contributed by atoms with Crippen LogP contribution in [0.3, 0.4) is 0 Å². The molecule has 2 aromatic heterocycles. The minimum absolute atomic E-state index is 0.0446. The lowest BCUT2D eigenvalue weighted by Crippen LogP contribution is -2.42. The van der Waals surface area contributed by atoms with Gasteiger partial charge in [0.1, 0.15) is 17.0 Å². The second-order valence-corrected chi connectivity index (χ2v) is 8.79. The maximum atomic E-state index is 13.6. The average molecular weight is 506 g/mol. The predicted octanol–water partition coefficient (Wildman–Crippen LogP) is 4.56. The van der Waals surface area contributed by atoms with Gasteiger partial charge in [-0.2, -0.15) is 0 Å². The van der Waals surface area contributed by atoms with Crippen LogP contribution in [0.1, 0.15) is 19.0 Å². The zero-order chi connectivity index (χ0) is 26.0. The Labute approximate surface area is 211 Å². The first-order valence-electron chi connectivity index (χ1n) is 11.4. The Morgan fingerprint density at radius 3 is 2.62 bits per heavy atom. The van der Waals surface area contributed by atoms with Crippen LogP contribution >= 0.6 is 0 Å². The molecular formula is C26H24FN5O5. The summed E-state index contributed by atoms with van der Waals surface area (Å²) in [5.74, 6) is -0.0172. The highest BCUT2D eigenvalue weighted by Crippen LogP contribution is 2.35. The summed E-state index contributed by atoms with van der Waals surface area (Å²) < 4.78 is 30.3. The molecule has 1 saturated heterocycles. The molecule has 0 amide bonds. The molecule has 5 rings (SSSR count). The SMILES string of the molecule is COc1cccc(Nc2nccc(-c3[nH]c(C4OCC(C)(C(=O)O)CO4)nc3-c3ccc(F)cc3)n2)c1. The third-order valence-corrected chi connectivity index (χ3v) is 5.92. The summed E-state index contributed by atoms with van der Waals surface area (Å²) in [5, 5.41) is 12.6. The molecule has 10 nitrogen and oxygen atoms in total. The molecule has 1 aliphatic rings. The summed E-state index contributed by atoms with van der Waals surface area (Å²) >= 11 is 0. The summed E-state index contributed by atoms with van der Waals surface area (Å²) in [6.45, 7) is 1.47. The number of halogens is 1. The first-order chi connectivity index (χ1) is 17.8. The van der Waals surface area contributed by atoms with Crippen molar-refractivity contribution in [3.63, 3.8) is 0 Å². The molecule has 190 valence electrons. The standard InChI is InChI=1S/C26H24FN5O5/c1-26(24(33)34)13-36-23(37-14-26)22-31-20(15-6-8-16(27)9-7-15)21(32-22)19-10-11-28-25(30-19)29-17-4-3-5-18(12-17)35-2/h3-12,23H,13-14H2,1-2H3,(H,31,32)(H,33,34)(H,28,29,30). The van der Waals surface area contributed by atoms with Crippen molar-refractivity contribution >= 4 is 17.6 Å². The first-order valence-corrected chi connectivity index (χ1v) is 11.4. The maximum Gasteiger partial charge on any atom is 0.314 e. The zero-order valence-corrected chi connectivity index (χ0v) is 20.1. The van der Waals surface area contributed by atoms with Gasteiger partial charge in [0.25, 0.3) is 0 Å². The molecule has 0 spiro atoms. The van der Waals surface area contributed by atoms with E-state index in [1.807, 2.05) is 24.3 Å². The van der Waals surface area contributed by atoms with Crippen LogP contribution in [0.25, 0.3) is 22.6 Å². The fourth-order valence-electron chi connectivity index (χ4n) is 3.78. The quantitative estimate of drug-likeness (QED) is 0.331. The van der Waals surface area contributed by atoms with E-state index in [4.69, 9.17) is 14.2 Å². The Hall–Kier alpha value is -4.35. The van der Waals surface area contributed by atoms with Gasteiger partial charge in [0.15, 0.2) is 5.82 Å². The van der Waals surface area contributed by atoms with E-state index < -0.39 is 17.7 Å². The average Bonchev–Trinajstić information content (AvgIpc) is 3.35. The van der Waals surface area contributed by atoms with E-state index in [9.17, 15) is 14.3 Å². The monoisotopic (exact) mass is 505 g/mol. The predicted molar refractivity (Wildman–Crippen MR) is 132 cm³/mol. The van der Waals surface area contributed by atoms with Crippen molar-refractivity contribution in [3.8, 4) is 28.4 Å². The summed E-state index contributed by atoms with van der Waals surface area (Å²) in [4.78, 5) is 28.3. The Morgan fingerprint density at radius 1 is 1.16 bits per heavy atom. The Morgan fingerprint density at radius 2 is 1.92 bits per heavy atom. The minimum Gasteiger partial charge on any atom is -0.497 e. The molecule has 2 aromatic carbocycles. The molecule has 4 aromatic rings. The number of hydrogen-bond acceptors (Lipinski definition) is 8. The number of rotatable bonds is 7. The summed E-state index contributed by atoms with van der Waals surface area (Å²) in [6, 6.07) is 15.0. The molecule has 1 aliphatic heterocycles. The van der Waals surface area contributed by atoms with Crippen LogP contribution in [0.5, 0.6) is 5.75 Å². The van der Waals surface area contributed by atoms with E-state index >= 15 is 0 Å². The lowest BCUT2D eigenvalue weighted by Gasteiger charge is -2.33. The number of hydrogen-bond donors (Lipinski definition) is 3. The Balaban J connectivity index is 1.49. The zero-order valence-electron chi connectivity index (χ0n) is 20.1. The smallest absolute Gasteiger partial charge is 0.314 e. The number of nitrogens with one attached hydrogen (secondary N) is 2. The van der Waals surface area contributed by atoms with E-state index in [1.54, 1.807) is 38.4 Å². The Kier molecular flexibility index (Phi) is 6.55. The molecule has 3 N–H and O–H groups in total. The molecule has 0 radical (unpaired) electrons. The maximum absolute atomic E-state index is 13.6. The minimum atomic E-state index is -1.15. The fourth-order valence-corrected chi connectivity index (χ4v) is 3.78. The molecule has 11 heteroatoms. The molecule has 3 heterocycles.